The van der Waals surface area contributed by atoms with Gasteiger partial charge in [0.1, 0.15) is 5.82 Å². The summed E-state index contributed by atoms with van der Waals surface area (Å²) >= 11 is 0. The van der Waals surface area contributed by atoms with Gasteiger partial charge in [0.15, 0.2) is 0 Å². The molecule has 156 valence electrons. The molecular formula is C26H23FN2O2. The summed E-state index contributed by atoms with van der Waals surface area (Å²) < 4.78 is 13.3. The van der Waals surface area contributed by atoms with Gasteiger partial charge in [-0.2, -0.15) is 0 Å². The highest BCUT2D eigenvalue weighted by atomic mass is 19.1. The van der Waals surface area contributed by atoms with Crippen molar-refractivity contribution in [2.45, 2.75) is 31.1 Å². The van der Waals surface area contributed by atoms with Gasteiger partial charge >= 0.3 is 0 Å². The maximum absolute atomic E-state index is 13.3. The Kier molecular flexibility index (Phi) is 4.81. The fourth-order valence-corrected chi connectivity index (χ4v) is 4.41. The SMILES string of the molecule is O=C(c1ccccc1)N1CCCc2cc(NC(=O)C3(c4ccc(F)cc4)CC3)ccc21. The third-order valence-corrected chi connectivity index (χ3v) is 6.30. The number of carbonyl (C=O) groups excluding carboxylic acids is 2. The molecule has 1 aliphatic heterocycles. The summed E-state index contributed by atoms with van der Waals surface area (Å²) in [6.07, 6.45) is 3.26. The molecule has 0 aromatic heterocycles. The van der Waals surface area contributed by atoms with Gasteiger partial charge in [0.05, 0.1) is 5.41 Å². The first-order valence-corrected chi connectivity index (χ1v) is 10.6. The molecule has 3 aromatic rings. The number of nitrogens with zero attached hydrogens (tertiary/aromatic N) is 1. The lowest BCUT2D eigenvalue weighted by Crippen LogP contribution is -2.35. The quantitative estimate of drug-likeness (QED) is 0.647. The minimum Gasteiger partial charge on any atom is -0.325 e. The molecule has 0 bridgehead atoms. The lowest BCUT2D eigenvalue weighted by molar-refractivity contribution is -0.118. The number of hydrogen-bond donors (Lipinski definition) is 1. The van der Waals surface area contributed by atoms with E-state index in [4.69, 9.17) is 0 Å². The zero-order chi connectivity index (χ0) is 21.4. The topological polar surface area (TPSA) is 49.4 Å². The van der Waals surface area contributed by atoms with Crippen molar-refractivity contribution < 1.29 is 14.0 Å². The van der Waals surface area contributed by atoms with E-state index in [9.17, 15) is 14.0 Å². The van der Waals surface area contributed by atoms with E-state index in [1.165, 1.54) is 12.1 Å². The normalized spacial score (nSPS) is 16.4. The van der Waals surface area contributed by atoms with Gasteiger partial charge in [-0.15, -0.1) is 0 Å². The fraction of sp³-hybridized carbons (Fsp3) is 0.231. The van der Waals surface area contributed by atoms with Gasteiger partial charge < -0.3 is 10.2 Å². The molecule has 1 N–H and O–H groups in total. The summed E-state index contributed by atoms with van der Waals surface area (Å²) in [7, 11) is 0. The van der Waals surface area contributed by atoms with E-state index >= 15 is 0 Å². The van der Waals surface area contributed by atoms with Crippen LogP contribution in [0.15, 0.2) is 72.8 Å². The maximum atomic E-state index is 13.3. The van der Waals surface area contributed by atoms with E-state index in [0.29, 0.717) is 12.1 Å². The van der Waals surface area contributed by atoms with E-state index in [0.717, 1.165) is 48.2 Å². The highest BCUT2D eigenvalue weighted by Gasteiger charge is 2.51. The average Bonchev–Trinajstić information content (AvgIpc) is 3.61. The molecule has 1 saturated carbocycles. The molecule has 3 aromatic carbocycles. The highest BCUT2D eigenvalue weighted by molar-refractivity contribution is 6.07. The molecule has 5 heteroatoms. The Morgan fingerprint density at radius 2 is 1.68 bits per heavy atom. The number of hydrogen-bond acceptors (Lipinski definition) is 2. The summed E-state index contributed by atoms with van der Waals surface area (Å²) in [6.45, 7) is 0.681. The van der Waals surface area contributed by atoms with Crippen LogP contribution in [0.3, 0.4) is 0 Å². The monoisotopic (exact) mass is 414 g/mol. The van der Waals surface area contributed by atoms with Gasteiger partial charge in [0, 0.05) is 23.5 Å². The summed E-state index contributed by atoms with van der Waals surface area (Å²) in [5.41, 5.74) is 3.63. The molecule has 31 heavy (non-hydrogen) atoms. The van der Waals surface area contributed by atoms with Gasteiger partial charge in [-0.25, -0.2) is 4.39 Å². The van der Waals surface area contributed by atoms with Crippen molar-refractivity contribution in [3.05, 3.63) is 95.3 Å². The molecular weight excluding hydrogens is 391 g/mol. The van der Waals surface area contributed by atoms with Gasteiger partial charge in [-0.1, -0.05) is 30.3 Å². The minimum absolute atomic E-state index is 0.00780. The molecule has 0 unspecified atom stereocenters. The van der Waals surface area contributed by atoms with Crippen molar-refractivity contribution >= 4 is 23.2 Å². The fourth-order valence-electron chi connectivity index (χ4n) is 4.41. The molecule has 0 radical (unpaired) electrons. The van der Waals surface area contributed by atoms with E-state index in [-0.39, 0.29) is 17.6 Å². The molecule has 1 aliphatic carbocycles. The minimum atomic E-state index is -0.571. The number of nitrogens with one attached hydrogen (secondary N) is 1. The summed E-state index contributed by atoms with van der Waals surface area (Å²) in [5.74, 6) is -0.372. The molecule has 2 amide bonds. The van der Waals surface area contributed by atoms with Crippen molar-refractivity contribution in [2.24, 2.45) is 0 Å². The Morgan fingerprint density at radius 3 is 2.39 bits per heavy atom. The summed E-state index contributed by atoms with van der Waals surface area (Å²) in [4.78, 5) is 27.8. The van der Waals surface area contributed by atoms with Crippen LogP contribution in [0.1, 0.15) is 40.7 Å². The van der Waals surface area contributed by atoms with Crippen LogP contribution in [0.2, 0.25) is 0 Å². The van der Waals surface area contributed by atoms with Crippen LogP contribution < -0.4 is 10.2 Å². The second kappa shape index (κ2) is 7.65. The Hall–Kier alpha value is -3.47. The van der Waals surface area contributed by atoms with Gasteiger partial charge in [0.25, 0.3) is 5.91 Å². The first-order valence-electron chi connectivity index (χ1n) is 10.6. The number of rotatable bonds is 4. The van der Waals surface area contributed by atoms with Crippen molar-refractivity contribution in [1.29, 1.82) is 0 Å². The predicted octanol–water partition coefficient (Wildman–Crippen LogP) is 5.09. The van der Waals surface area contributed by atoms with Crippen LogP contribution in [0, 0.1) is 5.82 Å². The number of carbonyl (C=O) groups is 2. The highest BCUT2D eigenvalue weighted by Crippen LogP contribution is 2.49. The maximum Gasteiger partial charge on any atom is 0.258 e. The summed E-state index contributed by atoms with van der Waals surface area (Å²) in [6, 6.07) is 21.2. The van der Waals surface area contributed by atoms with Crippen molar-refractivity contribution in [1.82, 2.24) is 0 Å². The zero-order valence-corrected chi connectivity index (χ0v) is 17.1. The molecule has 0 saturated heterocycles. The Labute approximate surface area is 180 Å². The third-order valence-electron chi connectivity index (χ3n) is 6.30. The molecule has 1 heterocycles. The second-order valence-corrected chi connectivity index (χ2v) is 8.31. The van der Waals surface area contributed by atoms with Crippen LogP contribution in [0.5, 0.6) is 0 Å². The van der Waals surface area contributed by atoms with Crippen molar-refractivity contribution in [3.63, 3.8) is 0 Å². The van der Waals surface area contributed by atoms with E-state index < -0.39 is 5.41 Å². The van der Waals surface area contributed by atoms with Crippen LogP contribution >= 0.6 is 0 Å². The Morgan fingerprint density at radius 1 is 0.935 bits per heavy atom. The van der Waals surface area contributed by atoms with Crippen LogP contribution in [0.4, 0.5) is 15.8 Å². The van der Waals surface area contributed by atoms with E-state index in [1.54, 1.807) is 12.1 Å². The number of benzene rings is 3. The van der Waals surface area contributed by atoms with Gasteiger partial charge in [-0.3, -0.25) is 9.59 Å². The number of amides is 2. The number of aryl methyl sites for hydroxylation is 1. The first kappa shape index (κ1) is 19.5. The number of halogens is 1. The van der Waals surface area contributed by atoms with Crippen LogP contribution in [0.25, 0.3) is 0 Å². The predicted molar refractivity (Wildman–Crippen MR) is 119 cm³/mol. The lowest BCUT2D eigenvalue weighted by Gasteiger charge is -2.30. The molecule has 5 rings (SSSR count). The van der Waals surface area contributed by atoms with Gasteiger partial charge in [0.2, 0.25) is 5.91 Å². The average molecular weight is 414 g/mol. The number of fused-ring (bicyclic) bond motifs is 1. The van der Waals surface area contributed by atoms with Crippen molar-refractivity contribution in [3.8, 4) is 0 Å². The second-order valence-electron chi connectivity index (χ2n) is 8.31. The molecule has 4 nitrogen and oxygen atoms in total. The largest absolute Gasteiger partial charge is 0.325 e. The van der Waals surface area contributed by atoms with E-state index in [2.05, 4.69) is 5.32 Å². The zero-order valence-electron chi connectivity index (χ0n) is 17.1. The molecule has 0 spiro atoms. The Balaban J connectivity index is 1.36. The Bertz CT molecular complexity index is 1140. The number of anilines is 2. The van der Waals surface area contributed by atoms with Gasteiger partial charge in [-0.05, 0) is 79.3 Å². The molecule has 0 atom stereocenters. The molecule has 2 aliphatic rings. The van der Waals surface area contributed by atoms with Crippen LogP contribution in [-0.2, 0) is 16.6 Å². The smallest absolute Gasteiger partial charge is 0.258 e. The van der Waals surface area contributed by atoms with E-state index in [1.807, 2.05) is 53.4 Å². The standard InChI is InChI=1S/C26H23FN2O2/c27-21-10-8-20(9-11-21)26(14-15-26)25(31)28-22-12-13-23-19(17-22)7-4-16-29(23)24(30)18-5-2-1-3-6-18/h1-3,5-6,8-13,17H,4,7,14-16H2,(H,28,31). The van der Waals surface area contributed by atoms with Crippen molar-refractivity contribution in [2.75, 3.05) is 16.8 Å². The van der Waals surface area contributed by atoms with Crippen LogP contribution in [-0.4, -0.2) is 18.4 Å². The lowest BCUT2D eigenvalue weighted by atomic mass is 9.94. The third kappa shape index (κ3) is 3.61. The molecule has 1 fully saturated rings. The summed E-state index contributed by atoms with van der Waals surface area (Å²) in [5, 5.41) is 3.05. The first-order chi connectivity index (χ1) is 15.1.